The summed E-state index contributed by atoms with van der Waals surface area (Å²) in [5, 5.41) is 11.5. The predicted molar refractivity (Wildman–Crippen MR) is 90.1 cm³/mol. The molecule has 130 valence electrons. The van der Waals surface area contributed by atoms with Gasteiger partial charge in [-0.15, -0.1) is 5.75 Å². The molecule has 1 N–H and O–H groups in total. The first kappa shape index (κ1) is 22.6. The first-order valence-electron chi connectivity index (χ1n) is 7.95. The Morgan fingerprint density at radius 3 is 2.52 bits per heavy atom. The Morgan fingerprint density at radius 1 is 1.08 bits per heavy atom. The van der Waals surface area contributed by atoms with Gasteiger partial charge < -0.3 is 9.84 Å². The van der Waals surface area contributed by atoms with E-state index in [9.17, 15) is 18.1 Å². The molecule has 0 fully saturated rings. The van der Waals surface area contributed by atoms with E-state index in [0.29, 0.717) is 5.75 Å². The molecule has 0 aliphatic rings. The van der Waals surface area contributed by atoms with Crippen molar-refractivity contribution >= 4 is 10.1 Å². The molecular formula is C18H21KO5S. The molecule has 25 heavy (non-hydrogen) atoms. The fraction of sp³-hybridized carbons (Fsp3) is 0.333. The fourth-order valence-electron chi connectivity index (χ4n) is 2.43. The van der Waals surface area contributed by atoms with Crippen LogP contribution in [0, 0.1) is 0 Å². The number of rotatable bonds is 8. The molecular weight excluding hydrogens is 367 g/mol. The van der Waals surface area contributed by atoms with Crippen molar-refractivity contribution in [3.8, 4) is 17.2 Å². The second-order valence-corrected chi connectivity index (χ2v) is 7.03. The standard InChI is InChI=1S/C18H22O5S.K/c1-2-3-4-5-7-14-8-6-9-16(12-14)23-17-13-15(19)10-11-18(17)24(20,21)22;/h6,8-13,19H,2-5,7H2,1H3,(H,20,21,22);/q;+1/p-1. The average Bonchev–Trinajstić information content (AvgIpc) is 2.51. The molecule has 7 heteroatoms. The summed E-state index contributed by atoms with van der Waals surface area (Å²) in [4.78, 5) is -0.421. The van der Waals surface area contributed by atoms with Crippen molar-refractivity contribution in [2.75, 3.05) is 0 Å². The quantitative estimate of drug-likeness (QED) is 0.413. The third-order valence-corrected chi connectivity index (χ3v) is 4.53. The van der Waals surface area contributed by atoms with Gasteiger partial charge in [0, 0.05) is 0 Å². The molecule has 2 rings (SSSR count). The summed E-state index contributed by atoms with van der Waals surface area (Å²) in [5.74, 6) is -0.139. The van der Waals surface area contributed by atoms with E-state index in [1.165, 1.54) is 12.8 Å². The van der Waals surface area contributed by atoms with E-state index in [1.807, 2.05) is 18.2 Å². The van der Waals surface area contributed by atoms with Crippen molar-refractivity contribution in [3.05, 3.63) is 48.0 Å². The second kappa shape index (κ2) is 10.7. The zero-order valence-corrected chi connectivity index (χ0v) is 18.5. The molecule has 0 aliphatic heterocycles. The van der Waals surface area contributed by atoms with Crippen LogP contribution in [0.1, 0.15) is 38.2 Å². The maximum Gasteiger partial charge on any atom is 1.00 e. The summed E-state index contributed by atoms with van der Waals surface area (Å²) in [5.41, 5.74) is 1.08. The van der Waals surface area contributed by atoms with Crippen LogP contribution in [0.2, 0.25) is 0 Å². The van der Waals surface area contributed by atoms with Crippen LogP contribution in [-0.4, -0.2) is 13.0 Å². The van der Waals surface area contributed by atoms with E-state index in [-0.39, 0.29) is 57.1 Å². The number of hydrogen-bond donors (Lipinski definition) is 1. The van der Waals surface area contributed by atoms with Crippen LogP contribution in [0.5, 0.6) is 17.2 Å². The third kappa shape index (κ3) is 7.38. The zero-order chi connectivity index (χ0) is 17.6. The topological polar surface area (TPSA) is 86.7 Å². The molecule has 0 aliphatic carbocycles. The van der Waals surface area contributed by atoms with Crippen molar-refractivity contribution in [1.82, 2.24) is 0 Å². The first-order valence-corrected chi connectivity index (χ1v) is 9.39. The molecule has 0 unspecified atom stereocenters. The van der Waals surface area contributed by atoms with E-state index in [1.54, 1.807) is 6.07 Å². The van der Waals surface area contributed by atoms with Crippen molar-refractivity contribution in [3.63, 3.8) is 0 Å². The molecule has 0 saturated carbocycles. The van der Waals surface area contributed by atoms with Crippen LogP contribution in [0.3, 0.4) is 0 Å². The van der Waals surface area contributed by atoms with Gasteiger partial charge in [0.1, 0.15) is 16.4 Å². The molecule has 2 aromatic rings. The summed E-state index contributed by atoms with van der Waals surface area (Å²) < 4.78 is 37.6. The molecule has 0 spiro atoms. The molecule has 0 amide bonds. The smallest absolute Gasteiger partial charge is 0.872 e. The molecule has 0 radical (unpaired) electrons. The maximum absolute atomic E-state index is 11.5. The summed E-state index contributed by atoms with van der Waals surface area (Å²) in [6.07, 6.45) is 5.51. The van der Waals surface area contributed by atoms with E-state index in [2.05, 4.69) is 6.92 Å². The van der Waals surface area contributed by atoms with Gasteiger partial charge in [-0.05, 0) is 42.7 Å². The third-order valence-electron chi connectivity index (χ3n) is 3.64. The van der Waals surface area contributed by atoms with Gasteiger partial charge >= 0.3 is 51.4 Å². The molecule has 0 aromatic heterocycles. The zero-order valence-electron chi connectivity index (χ0n) is 14.6. The van der Waals surface area contributed by atoms with E-state index < -0.39 is 20.8 Å². The maximum atomic E-state index is 11.5. The van der Waals surface area contributed by atoms with E-state index >= 15 is 0 Å². The van der Waals surface area contributed by atoms with Crippen LogP contribution >= 0.6 is 0 Å². The first-order chi connectivity index (χ1) is 11.4. The van der Waals surface area contributed by atoms with Crippen molar-refractivity contribution in [1.29, 1.82) is 0 Å². The Bertz CT molecular complexity index is 790. The molecule has 0 bridgehead atoms. The summed E-state index contributed by atoms with van der Waals surface area (Å²) in [7, 11) is -4.46. The fourth-order valence-corrected chi connectivity index (χ4v) is 3.02. The van der Waals surface area contributed by atoms with Gasteiger partial charge in [0.25, 0.3) is 10.1 Å². The molecule has 0 saturated heterocycles. The van der Waals surface area contributed by atoms with Crippen molar-refractivity contribution in [2.45, 2.75) is 43.9 Å². The number of benzene rings is 2. The Morgan fingerprint density at radius 2 is 1.84 bits per heavy atom. The molecule has 2 aromatic carbocycles. The minimum Gasteiger partial charge on any atom is -0.872 e. The van der Waals surface area contributed by atoms with E-state index in [4.69, 9.17) is 4.74 Å². The van der Waals surface area contributed by atoms with Gasteiger partial charge in [-0.25, -0.2) is 0 Å². The van der Waals surface area contributed by atoms with Crippen LogP contribution in [-0.2, 0) is 16.5 Å². The number of aryl methyl sites for hydroxylation is 1. The number of ether oxygens (including phenoxy) is 1. The Hall–Kier alpha value is -0.414. The van der Waals surface area contributed by atoms with Crippen molar-refractivity contribution < 1.29 is 74.2 Å². The SMILES string of the molecule is CCCCCCc1cccc(Oc2cc([O-])ccc2S(=O)(=O)O)c1.[K+]. The van der Waals surface area contributed by atoms with Crippen LogP contribution in [0.25, 0.3) is 0 Å². The Kier molecular flexibility index (Phi) is 9.65. The van der Waals surface area contributed by atoms with Gasteiger partial charge in [0.05, 0.1) is 0 Å². The van der Waals surface area contributed by atoms with Gasteiger partial charge in [-0.1, -0.05) is 44.4 Å². The predicted octanol–water partition coefficient (Wildman–Crippen LogP) is 0.926. The minimum absolute atomic E-state index is 0. The van der Waals surface area contributed by atoms with Crippen LogP contribution in [0.4, 0.5) is 0 Å². The molecule has 0 heterocycles. The molecule has 0 atom stereocenters. The molecule has 5 nitrogen and oxygen atoms in total. The summed E-state index contributed by atoms with van der Waals surface area (Å²) >= 11 is 0. The van der Waals surface area contributed by atoms with Gasteiger partial charge in [-0.3, -0.25) is 4.55 Å². The Labute approximate surface area is 191 Å². The second-order valence-electron chi connectivity index (χ2n) is 5.64. The van der Waals surface area contributed by atoms with Crippen LogP contribution < -0.4 is 61.2 Å². The summed E-state index contributed by atoms with van der Waals surface area (Å²) in [6, 6.07) is 10.5. The minimum atomic E-state index is -4.46. The average molecular weight is 389 g/mol. The van der Waals surface area contributed by atoms with E-state index in [0.717, 1.165) is 43.0 Å². The van der Waals surface area contributed by atoms with Crippen LogP contribution in [0.15, 0.2) is 47.4 Å². The number of hydrogen-bond acceptors (Lipinski definition) is 4. The van der Waals surface area contributed by atoms with Crippen molar-refractivity contribution in [2.24, 2.45) is 0 Å². The summed E-state index contributed by atoms with van der Waals surface area (Å²) in [6.45, 7) is 2.16. The van der Waals surface area contributed by atoms with Gasteiger partial charge in [0.2, 0.25) is 0 Å². The van der Waals surface area contributed by atoms with Gasteiger partial charge in [0.15, 0.2) is 0 Å². The normalized spacial score (nSPS) is 11.0. The monoisotopic (exact) mass is 388 g/mol. The van der Waals surface area contributed by atoms with Gasteiger partial charge in [-0.2, -0.15) is 8.42 Å². The number of unbranched alkanes of at least 4 members (excludes halogenated alkanes) is 3. The Balaban J connectivity index is 0.00000312. The largest absolute Gasteiger partial charge is 1.00 e.